The molecule has 1 aromatic carbocycles. The van der Waals surface area contributed by atoms with Crippen LogP contribution in [-0.2, 0) is 17.9 Å². The number of halogens is 4. The minimum absolute atomic E-state index is 0.0938. The van der Waals surface area contributed by atoms with Gasteiger partial charge >= 0.3 is 6.18 Å². The zero-order valence-corrected chi connectivity index (χ0v) is 12.0. The van der Waals surface area contributed by atoms with E-state index < -0.39 is 18.8 Å². The molecule has 0 fully saturated rings. The molecule has 4 nitrogen and oxygen atoms in total. The van der Waals surface area contributed by atoms with Crippen LogP contribution in [0.2, 0.25) is 5.02 Å². The fourth-order valence-corrected chi connectivity index (χ4v) is 2.39. The summed E-state index contributed by atoms with van der Waals surface area (Å²) in [4.78, 5) is 1.36. The van der Waals surface area contributed by atoms with Crippen LogP contribution >= 0.6 is 11.6 Å². The molecule has 0 aromatic heterocycles. The highest BCUT2D eigenvalue weighted by molar-refractivity contribution is 6.30. The van der Waals surface area contributed by atoms with Gasteiger partial charge in [0.05, 0.1) is 6.61 Å². The molecule has 1 heterocycles. The first-order valence-electron chi connectivity index (χ1n) is 6.22. The average molecular weight is 326 g/mol. The largest absolute Gasteiger partial charge is 0.467 e. The third kappa shape index (κ3) is 4.23. The van der Waals surface area contributed by atoms with Crippen LogP contribution in [0.3, 0.4) is 0 Å². The summed E-state index contributed by atoms with van der Waals surface area (Å²) < 4.78 is 47.6. The maximum Gasteiger partial charge on any atom is 0.415 e. The van der Waals surface area contributed by atoms with Gasteiger partial charge in [-0.1, -0.05) is 11.6 Å². The summed E-state index contributed by atoms with van der Waals surface area (Å²) in [5.41, 5.74) is 1.42. The summed E-state index contributed by atoms with van der Waals surface area (Å²) in [6.45, 7) is 0.0889. The zero-order chi connectivity index (χ0) is 15.6. The molecule has 0 spiro atoms. The van der Waals surface area contributed by atoms with E-state index in [1.165, 1.54) is 11.9 Å². The molecule has 1 unspecified atom stereocenters. The van der Waals surface area contributed by atoms with Crippen LogP contribution in [0.25, 0.3) is 0 Å². The summed E-state index contributed by atoms with van der Waals surface area (Å²) in [5, 5.41) is 9.54. The van der Waals surface area contributed by atoms with Crippen molar-refractivity contribution in [1.82, 2.24) is 4.90 Å². The Hall–Kier alpha value is -1.02. The van der Waals surface area contributed by atoms with Crippen molar-refractivity contribution in [3.8, 4) is 5.75 Å². The van der Waals surface area contributed by atoms with Gasteiger partial charge in [-0.05, 0) is 19.2 Å². The van der Waals surface area contributed by atoms with Crippen LogP contribution < -0.4 is 4.74 Å². The van der Waals surface area contributed by atoms with Crippen molar-refractivity contribution in [3.05, 3.63) is 28.3 Å². The Labute approximate surface area is 125 Å². The van der Waals surface area contributed by atoms with Gasteiger partial charge in [0.2, 0.25) is 0 Å². The number of ether oxygens (including phenoxy) is 2. The fraction of sp³-hybridized carbons (Fsp3) is 0.538. The van der Waals surface area contributed by atoms with Gasteiger partial charge in [-0.3, -0.25) is 4.90 Å². The lowest BCUT2D eigenvalue weighted by molar-refractivity contribution is -0.207. The summed E-state index contributed by atoms with van der Waals surface area (Å²) >= 11 is 5.98. The third-order valence-electron chi connectivity index (χ3n) is 3.05. The van der Waals surface area contributed by atoms with Crippen molar-refractivity contribution in [1.29, 1.82) is 0 Å². The molecule has 118 valence electrons. The van der Waals surface area contributed by atoms with E-state index >= 15 is 0 Å². The Morgan fingerprint density at radius 3 is 2.81 bits per heavy atom. The van der Waals surface area contributed by atoms with Crippen LogP contribution in [0.4, 0.5) is 13.2 Å². The van der Waals surface area contributed by atoms with Crippen molar-refractivity contribution in [2.45, 2.75) is 25.4 Å². The minimum atomic E-state index is -4.63. The molecule has 21 heavy (non-hydrogen) atoms. The second-order valence-corrected chi connectivity index (χ2v) is 5.35. The number of hydrogen-bond donors (Lipinski definition) is 1. The van der Waals surface area contributed by atoms with Gasteiger partial charge in [0.25, 0.3) is 0 Å². The maximum atomic E-state index is 12.3. The molecule has 0 aliphatic carbocycles. The Kier molecular flexibility index (Phi) is 4.98. The monoisotopic (exact) mass is 325 g/mol. The molecule has 2 rings (SSSR count). The van der Waals surface area contributed by atoms with E-state index in [-0.39, 0.29) is 13.3 Å². The smallest absolute Gasteiger partial charge is 0.415 e. The molecule has 8 heteroatoms. The van der Waals surface area contributed by atoms with E-state index in [2.05, 4.69) is 0 Å². The number of alkyl halides is 3. The minimum Gasteiger partial charge on any atom is -0.467 e. The number of rotatable bonds is 4. The Bertz CT molecular complexity index is 510. The van der Waals surface area contributed by atoms with Crippen LogP contribution in [0, 0.1) is 0 Å². The van der Waals surface area contributed by atoms with Crippen molar-refractivity contribution in [2.75, 3.05) is 20.4 Å². The molecule has 1 atom stereocenters. The Morgan fingerprint density at radius 2 is 2.14 bits per heavy atom. The van der Waals surface area contributed by atoms with Crippen LogP contribution in [0.15, 0.2) is 12.1 Å². The number of hydrogen-bond acceptors (Lipinski definition) is 4. The lowest BCUT2D eigenvalue weighted by Crippen LogP contribution is -2.39. The second kappa shape index (κ2) is 6.39. The first kappa shape index (κ1) is 16.4. The molecule has 0 radical (unpaired) electrons. The van der Waals surface area contributed by atoms with Crippen LogP contribution in [0.5, 0.6) is 5.75 Å². The highest BCUT2D eigenvalue weighted by Crippen LogP contribution is 2.32. The number of nitrogens with zero attached hydrogens (tertiary/aromatic N) is 1. The summed E-state index contributed by atoms with van der Waals surface area (Å²) in [7, 11) is 1.49. The molecule has 1 aliphatic rings. The number of fused-ring (bicyclic) bond motifs is 1. The van der Waals surface area contributed by atoms with Crippen molar-refractivity contribution in [2.24, 2.45) is 0 Å². The predicted octanol–water partition coefficient (Wildman–Crippen LogP) is 2.56. The van der Waals surface area contributed by atoms with E-state index in [4.69, 9.17) is 26.2 Å². The van der Waals surface area contributed by atoms with Crippen molar-refractivity contribution in [3.63, 3.8) is 0 Å². The molecule has 0 saturated heterocycles. The van der Waals surface area contributed by atoms with Gasteiger partial charge in [0.1, 0.15) is 5.75 Å². The zero-order valence-electron chi connectivity index (χ0n) is 11.3. The normalized spacial score (nSPS) is 16.5. The lowest BCUT2D eigenvalue weighted by Gasteiger charge is -2.25. The molecule has 1 N–H and O–H groups in total. The Balaban J connectivity index is 2.10. The average Bonchev–Trinajstić information content (AvgIpc) is 2.37. The standard InChI is InChI=1S/C13H15ClF3NO3/c1-18(5-11(19)13(15,16)17)4-8-2-10(14)3-9-6-20-7-21-12(8)9/h2-3,11,19H,4-7H2,1H3. The molecule has 1 aromatic rings. The SMILES string of the molecule is CN(Cc1cc(Cl)cc2c1OCOC2)CC(O)C(F)(F)F. The molecular weight excluding hydrogens is 311 g/mol. The quantitative estimate of drug-likeness (QED) is 0.924. The van der Waals surface area contributed by atoms with Crippen molar-refractivity contribution < 1.29 is 27.8 Å². The lowest BCUT2D eigenvalue weighted by atomic mass is 10.1. The number of likely N-dealkylation sites (N-methyl/N-ethyl adjacent to an activating group) is 1. The predicted molar refractivity (Wildman–Crippen MR) is 70.1 cm³/mol. The van der Waals surface area contributed by atoms with Gasteiger partial charge in [-0.25, -0.2) is 0 Å². The first-order chi connectivity index (χ1) is 9.77. The molecule has 0 saturated carbocycles. The van der Waals surface area contributed by atoms with E-state index in [1.807, 2.05) is 0 Å². The van der Waals surface area contributed by atoms with Gasteiger partial charge < -0.3 is 14.6 Å². The second-order valence-electron chi connectivity index (χ2n) is 4.92. The van der Waals surface area contributed by atoms with Gasteiger partial charge in [0, 0.05) is 29.2 Å². The topological polar surface area (TPSA) is 41.9 Å². The van der Waals surface area contributed by atoms with Gasteiger partial charge in [0.15, 0.2) is 12.9 Å². The molecular formula is C13H15ClF3NO3. The highest BCUT2D eigenvalue weighted by Gasteiger charge is 2.38. The maximum absolute atomic E-state index is 12.3. The molecule has 1 aliphatic heterocycles. The third-order valence-corrected chi connectivity index (χ3v) is 3.27. The number of aliphatic hydroxyl groups is 1. The fourth-order valence-electron chi connectivity index (χ4n) is 2.13. The van der Waals surface area contributed by atoms with Crippen molar-refractivity contribution >= 4 is 11.6 Å². The van der Waals surface area contributed by atoms with Crippen LogP contribution in [0.1, 0.15) is 11.1 Å². The van der Waals surface area contributed by atoms with Gasteiger partial charge in [-0.2, -0.15) is 13.2 Å². The summed E-state index contributed by atoms with van der Waals surface area (Å²) in [5.74, 6) is 0.582. The molecule has 0 bridgehead atoms. The molecule has 0 amide bonds. The van der Waals surface area contributed by atoms with Crippen LogP contribution in [-0.4, -0.2) is 42.7 Å². The number of benzene rings is 1. The van der Waals surface area contributed by atoms with Gasteiger partial charge in [-0.15, -0.1) is 0 Å². The van der Waals surface area contributed by atoms with E-state index in [1.54, 1.807) is 12.1 Å². The number of aliphatic hydroxyl groups excluding tert-OH is 1. The Morgan fingerprint density at radius 1 is 1.43 bits per heavy atom. The highest BCUT2D eigenvalue weighted by atomic mass is 35.5. The summed E-state index contributed by atoms with van der Waals surface area (Å²) in [6.07, 6.45) is -7.02. The summed E-state index contributed by atoms with van der Waals surface area (Å²) in [6, 6.07) is 3.34. The van der Waals surface area contributed by atoms with E-state index in [0.29, 0.717) is 22.9 Å². The van der Waals surface area contributed by atoms with E-state index in [9.17, 15) is 13.2 Å². The van der Waals surface area contributed by atoms with E-state index in [0.717, 1.165) is 5.56 Å². The first-order valence-corrected chi connectivity index (χ1v) is 6.60.